The molecular formula is C26H19FN2O5S. The first-order valence-electron chi connectivity index (χ1n) is 10.6. The Morgan fingerprint density at radius 2 is 1.77 bits per heavy atom. The number of thiazole rings is 1. The lowest BCUT2D eigenvalue weighted by Crippen LogP contribution is -2.29. The third kappa shape index (κ3) is 3.70. The predicted molar refractivity (Wildman–Crippen MR) is 130 cm³/mol. The summed E-state index contributed by atoms with van der Waals surface area (Å²) in [4.78, 5) is 32.3. The second-order valence-corrected chi connectivity index (χ2v) is 8.73. The fourth-order valence-corrected chi connectivity index (χ4v) is 5.15. The molecule has 1 saturated heterocycles. The van der Waals surface area contributed by atoms with Gasteiger partial charge in [0.05, 0.1) is 35.6 Å². The second-order valence-electron chi connectivity index (χ2n) is 7.72. The Labute approximate surface area is 203 Å². The van der Waals surface area contributed by atoms with Crippen LogP contribution in [0.2, 0.25) is 0 Å². The minimum atomic E-state index is -1.23. The first-order valence-corrected chi connectivity index (χ1v) is 11.4. The molecule has 0 bridgehead atoms. The van der Waals surface area contributed by atoms with E-state index in [9.17, 15) is 14.7 Å². The van der Waals surface area contributed by atoms with E-state index in [1.54, 1.807) is 48.5 Å². The second kappa shape index (κ2) is 8.84. The number of nitrogens with zero attached hydrogens (tertiary/aromatic N) is 2. The van der Waals surface area contributed by atoms with E-state index in [-0.39, 0.29) is 21.8 Å². The van der Waals surface area contributed by atoms with Crippen molar-refractivity contribution in [2.75, 3.05) is 19.1 Å². The molecule has 1 unspecified atom stereocenters. The summed E-state index contributed by atoms with van der Waals surface area (Å²) in [7, 11) is 2.96. The van der Waals surface area contributed by atoms with Crippen LogP contribution in [0.4, 0.5) is 9.52 Å². The fourth-order valence-electron chi connectivity index (χ4n) is 4.13. The van der Waals surface area contributed by atoms with E-state index in [0.29, 0.717) is 17.0 Å². The minimum Gasteiger partial charge on any atom is -0.507 e. The Hall–Kier alpha value is -4.24. The number of aliphatic hydroxyl groups excluding tert-OH is 1. The molecule has 0 saturated carbocycles. The lowest BCUT2D eigenvalue weighted by atomic mass is 9.95. The number of hydrogen-bond donors (Lipinski definition) is 1. The van der Waals surface area contributed by atoms with Gasteiger partial charge in [0.1, 0.15) is 29.1 Å². The lowest BCUT2D eigenvalue weighted by Gasteiger charge is -2.23. The normalized spacial score (nSPS) is 17.2. The van der Waals surface area contributed by atoms with Crippen LogP contribution in [0, 0.1) is 5.82 Å². The van der Waals surface area contributed by atoms with E-state index in [1.807, 2.05) is 0 Å². The molecule has 5 rings (SSSR count). The predicted octanol–water partition coefficient (Wildman–Crippen LogP) is 5.08. The molecule has 1 aromatic heterocycles. The van der Waals surface area contributed by atoms with Gasteiger partial charge < -0.3 is 14.6 Å². The highest BCUT2D eigenvalue weighted by Crippen LogP contribution is 2.45. The molecule has 1 aliphatic rings. The molecule has 9 heteroatoms. The van der Waals surface area contributed by atoms with Crippen LogP contribution >= 0.6 is 11.3 Å². The number of aliphatic hydroxyl groups is 1. The molecular weight excluding hydrogens is 471 g/mol. The third-order valence-electron chi connectivity index (χ3n) is 5.80. The van der Waals surface area contributed by atoms with Crippen LogP contribution in [0.25, 0.3) is 16.0 Å². The smallest absolute Gasteiger partial charge is 0.301 e. The first kappa shape index (κ1) is 22.5. The summed E-state index contributed by atoms with van der Waals surface area (Å²) in [5, 5.41) is 11.5. The van der Waals surface area contributed by atoms with Crippen molar-refractivity contribution >= 4 is 44.1 Å². The molecule has 0 aliphatic carbocycles. The number of aromatic nitrogens is 1. The number of benzene rings is 3. The number of anilines is 1. The maximum absolute atomic E-state index is 15.1. The van der Waals surface area contributed by atoms with E-state index in [2.05, 4.69) is 4.98 Å². The van der Waals surface area contributed by atoms with Gasteiger partial charge in [-0.1, -0.05) is 41.7 Å². The molecule has 0 spiro atoms. The van der Waals surface area contributed by atoms with Crippen LogP contribution in [0.5, 0.6) is 11.5 Å². The van der Waals surface area contributed by atoms with E-state index < -0.39 is 29.3 Å². The zero-order valence-electron chi connectivity index (χ0n) is 18.7. The number of rotatable bonds is 5. The standard InChI is InChI=1S/C26H19FN2O5S/c1-33-14-11-12-18-20(13-14)35-26(28-18)29-22(15-7-3-5-9-17(15)27)21(24(31)25(29)32)23(30)16-8-4-6-10-19(16)34-2/h3-13,22,30H,1-2H3. The highest BCUT2D eigenvalue weighted by atomic mass is 32.1. The van der Waals surface area contributed by atoms with Gasteiger partial charge >= 0.3 is 5.91 Å². The van der Waals surface area contributed by atoms with Crippen molar-refractivity contribution in [3.8, 4) is 11.5 Å². The third-order valence-corrected chi connectivity index (χ3v) is 6.81. The van der Waals surface area contributed by atoms with Gasteiger partial charge in [-0.15, -0.1) is 0 Å². The molecule has 0 radical (unpaired) electrons. The van der Waals surface area contributed by atoms with Crippen LogP contribution < -0.4 is 14.4 Å². The molecule has 1 aliphatic heterocycles. The summed E-state index contributed by atoms with van der Waals surface area (Å²) in [6, 6.07) is 16.4. The number of fused-ring (bicyclic) bond motifs is 1. The number of Topliss-reactive ketones (excluding diaryl/α,β-unsaturated/α-hetero) is 1. The summed E-state index contributed by atoms with van der Waals surface area (Å²) in [5.41, 5.74) is 0.606. The maximum atomic E-state index is 15.1. The van der Waals surface area contributed by atoms with Crippen molar-refractivity contribution < 1.29 is 28.6 Å². The Balaban J connectivity index is 1.76. The quantitative estimate of drug-likeness (QED) is 0.239. The van der Waals surface area contributed by atoms with Crippen LogP contribution in [-0.2, 0) is 9.59 Å². The van der Waals surface area contributed by atoms with Crippen molar-refractivity contribution in [2.24, 2.45) is 0 Å². The molecule has 4 aromatic rings. The van der Waals surface area contributed by atoms with E-state index in [1.165, 1.54) is 32.4 Å². The highest BCUT2D eigenvalue weighted by molar-refractivity contribution is 7.22. The zero-order valence-corrected chi connectivity index (χ0v) is 19.5. The number of methoxy groups -OCH3 is 2. The first-order chi connectivity index (χ1) is 16.9. The molecule has 1 amide bonds. The molecule has 1 fully saturated rings. The van der Waals surface area contributed by atoms with Gasteiger partial charge in [0.2, 0.25) is 0 Å². The Morgan fingerprint density at radius 1 is 1.03 bits per heavy atom. The van der Waals surface area contributed by atoms with Gasteiger partial charge in [0.25, 0.3) is 5.78 Å². The van der Waals surface area contributed by atoms with Crippen LogP contribution in [-0.4, -0.2) is 36.0 Å². The fraction of sp³-hybridized carbons (Fsp3) is 0.115. The van der Waals surface area contributed by atoms with E-state index in [0.717, 1.165) is 20.9 Å². The van der Waals surface area contributed by atoms with Crippen molar-refractivity contribution in [2.45, 2.75) is 6.04 Å². The van der Waals surface area contributed by atoms with Gasteiger partial charge in [-0.3, -0.25) is 14.5 Å². The number of ether oxygens (including phenoxy) is 2. The molecule has 176 valence electrons. The molecule has 7 nitrogen and oxygen atoms in total. The molecule has 35 heavy (non-hydrogen) atoms. The number of halogens is 1. The Morgan fingerprint density at radius 3 is 2.51 bits per heavy atom. The number of amides is 1. The molecule has 1 atom stereocenters. The average molecular weight is 491 g/mol. The summed E-state index contributed by atoms with van der Waals surface area (Å²) < 4.78 is 26.4. The highest BCUT2D eigenvalue weighted by Gasteiger charge is 2.49. The van der Waals surface area contributed by atoms with Gasteiger partial charge in [0, 0.05) is 5.56 Å². The van der Waals surface area contributed by atoms with Crippen molar-refractivity contribution in [1.29, 1.82) is 0 Å². The molecule has 1 N–H and O–H groups in total. The molecule has 3 aromatic carbocycles. The van der Waals surface area contributed by atoms with Gasteiger partial charge in [0.15, 0.2) is 5.13 Å². The van der Waals surface area contributed by atoms with Gasteiger partial charge in [-0.25, -0.2) is 9.37 Å². The lowest BCUT2D eigenvalue weighted by molar-refractivity contribution is -0.132. The van der Waals surface area contributed by atoms with Crippen LogP contribution in [0.15, 0.2) is 72.3 Å². The summed E-state index contributed by atoms with van der Waals surface area (Å²) in [6.07, 6.45) is 0. The van der Waals surface area contributed by atoms with Crippen LogP contribution in [0.3, 0.4) is 0 Å². The van der Waals surface area contributed by atoms with Crippen molar-refractivity contribution in [3.63, 3.8) is 0 Å². The van der Waals surface area contributed by atoms with Crippen molar-refractivity contribution in [3.05, 3.63) is 89.2 Å². The monoisotopic (exact) mass is 490 g/mol. The molecule has 2 heterocycles. The van der Waals surface area contributed by atoms with Gasteiger partial charge in [-0.05, 0) is 36.4 Å². The number of para-hydroxylation sites is 1. The Kier molecular flexibility index (Phi) is 5.70. The number of hydrogen-bond acceptors (Lipinski definition) is 7. The maximum Gasteiger partial charge on any atom is 0.301 e. The average Bonchev–Trinajstić information content (AvgIpc) is 3.41. The SMILES string of the molecule is COc1ccc2nc(N3C(=O)C(=O)C(=C(O)c4ccccc4OC)C3c3ccccc3F)sc2c1. The van der Waals surface area contributed by atoms with Gasteiger partial charge in [-0.2, -0.15) is 0 Å². The largest absolute Gasteiger partial charge is 0.507 e. The van der Waals surface area contributed by atoms with E-state index in [4.69, 9.17) is 9.47 Å². The number of carbonyl (C=O) groups excluding carboxylic acids is 2. The summed E-state index contributed by atoms with van der Waals surface area (Å²) >= 11 is 1.16. The summed E-state index contributed by atoms with van der Waals surface area (Å²) in [6.45, 7) is 0. The minimum absolute atomic E-state index is 0.0555. The number of carbonyl (C=O) groups is 2. The van der Waals surface area contributed by atoms with Crippen molar-refractivity contribution in [1.82, 2.24) is 4.98 Å². The Bertz CT molecular complexity index is 1510. The van der Waals surface area contributed by atoms with E-state index >= 15 is 4.39 Å². The topological polar surface area (TPSA) is 89.0 Å². The van der Waals surface area contributed by atoms with Crippen LogP contribution in [0.1, 0.15) is 17.2 Å². The zero-order chi connectivity index (χ0) is 24.7. The summed E-state index contributed by atoms with van der Waals surface area (Å²) in [5.74, 6) is -2.04. The number of ketones is 1.